The van der Waals surface area contributed by atoms with E-state index < -0.39 is 0 Å². The minimum absolute atomic E-state index is 0.195. The number of hydrogen-bond acceptors (Lipinski definition) is 4. The molecule has 0 bridgehead atoms. The van der Waals surface area contributed by atoms with E-state index in [4.69, 9.17) is 9.47 Å². The van der Waals surface area contributed by atoms with E-state index in [1.54, 1.807) is 0 Å². The van der Waals surface area contributed by atoms with Crippen LogP contribution in [0.3, 0.4) is 0 Å². The third kappa shape index (κ3) is 5.85. The molecule has 2 fully saturated rings. The fraction of sp³-hybridized carbons (Fsp3) is 1.00. The Morgan fingerprint density at radius 1 is 1.10 bits per heavy atom. The van der Waals surface area contributed by atoms with Crippen molar-refractivity contribution in [2.24, 2.45) is 5.92 Å². The van der Waals surface area contributed by atoms with Gasteiger partial charge in [-0.05, 0) is 59.5 Å². The summed E-state index contributed by atoms with van der Waals surface area (Å²) < 4.78 is 11.6. The molecule has 1 aliphatic carbocycles. The van der Waals surface area contributed by atoms with Crippen LogP contribution < -0.4 is 5.32 Å². The molecule has 2 rings (SSSR count). The van der Waals surface area contributed by atoms with Crippen LogP contribution in [0.4, 0.5) is 0 Å². The molecule has 1 saturated heterocycles. The lowest BCUT2D eigenvalue weighted by molar-refractivity contribution is -0.182. The zero-order valence-electron chi connectivity index (χ0n) is 14.4. The lowest BCUT2D eigenvalue weighted by Crippen LogP contribution is -2.41. The second kappa shape index (κ2) is 7.40. The van der Waals surface area contributed by atoms with Crippen LogP contribution in [-0.2, 0) is 9.47 Å². The molecule has 0 unspecified atom stereocenters. The molecule has 124 valence electrons. The topological polar surface area (TPSA) is 33.7 Å². The minimum Gasteiger partial charge on any atom is -0.348 e. The molecule has 0 radical (unpaired) electrons. The van der Waals surface area contributed by atoms with Gasteiger partial charge in [-0.15, -0.1) is 0 Å². The van der Waals surface area contributed by atoms with Gasteiger partial charge in [-0.25, -0.2) is 0 Å². The Kier molecular flexibility index (Phi) is 6.06. The Morgan fingerprint density at radius 3 is 2.29 bits per heavy atom. The molecular formula is C17H34N2O2. The SMILES string of the molecule is CN(CCNC(C)(C)C)CCC1CCC2(CC1)OCCO2. The highest BCUT2D eigenvalue weighted by atomic mass is 16.7. The average Bonchev–Trinajstić information content (AvgIpc) is 2.85. The van der Waals surface area contributed by atoms with E-state index in [1.807, 2.05) is 0 Å². The Morgan fingerprint density at radius 2 is 1.71 bits per heavy atom. The highest BCUT2D eigenvalue weighted by molar-refractivity contribution is 4.82. The molecular weight excluding hydrogens is 264 g/mol. The van der Waals surface area contributed by atoms with E-state index >= 15 is 0 Å². The first kappa shape index (κ1) is 17.2. The summed E-state index contributed by atoms with van der Waals surface area (Å²) in [7, 11) is 2.23. The van der Waals surface area contributed by atoms with Crippen LogP contribution in [0.2, 0.25) is 0 Å². The van der Waals surface area contributed by atoms with Crippen molar-refractivity contribution >= 4 is 0 Å². The molecule has 4 nitrogen and oxygen atoms in total. The third-order valence-corrected chi connectivity index (χ3v) is 4.75. The number of nitrogens with one attached hydrogen (secondary N) is 1. The lowest BCUT2D eigenvalue weighted by Gasteiger charge is -2.35. The third-order valence-electron chi connectivity index (χ3n) is 4.75. The van der Waals surface area contributed by atoms with Gasteiger partial charge in [-0.1, -0.05) is 0 Å². The zero-order chi connectivity index (χ0) is 15.3. The summed E-state index contributed by atoms with van der Waals surface area (Å²) in [5.41, 5.74) is 0.222. The van der Waals surface area contributed by atoms with E-state index in [9.17, 15) is 0 Å². The van der Waals surface area contributed by atoms with Gasteiger partial charge in [-0.3, -0.25) is 0 Å². The van der Waals surface area contributed by atoms with Crippen molar-refractivity contribution in [2.45, 2.75) is 64.2 Å². The first-order chi connectivity index (χ1) is 9.89. The van der Waals surface area contributed by atoms with E-state index in [1.165, 1.54) is 25.8 Å². The summed E-state index contributed by atoms with van der Waals surface area (Å²) in [6.07, 6.45) is 6.00. The van der Waals surface area contributed by atoms with Crippen molar-refractivity contribution in [3.63, 3.8) is 0 Å². The standard InChI is InChI=1S/C17H34N2O2/c1-16(2,3)18-10-12-19(4)11-7-15-5-8-17(9-6-15)20-13-14-21-17/h15,18H,5-14H2,1-4H3. The largest absolute Gasteiger partial charge is 0.348 e. The maximum atomic E-state index is 5.80. The number of hydrogen-bond donors (Lipinski definition) is 1. The van der Waals surface area contributed by atoms with Crippen LogP contribution in [-0.4, -0.2) is 56.1 Å². The maximum Gasteiger partial charge on any atom is 0.168 e. The van der Waals surface area contributed by atoms with E-state index in [2.05, 4.69) is 38.0 Å². The first-order valence-corrected chi connectivity index (χ1v) is 8.60. The Bertz CT molecular complexity index is 298. The molecule has 1 spiro atoms. The summed E-state index contributed by atoms with van der Waals surface area (Å²) in [6, 6.07) is 0. The first-order valence-electron chi connectivity index (χ1n) is 8.60. The van der Waals surface area contributed by atoms with Crippen molar-refractivity contribution in [1.29, 1.82) is 0 Å². The highest BCUT2D eigenvalue weighted by Gasteiger charge is 2.39. The number of likely N-dealkylation sites (N-methyl/N-ethyl adjacent to an activating group) is 1. The molecule has 0 aromatic carbocycles. The zero-order valence-corrected chi connectivity index (χ0v) is 14.4. The van der Waals surface area contributed by atoms with E-state index in [0.29, 0.717) is 0 Å². The van der Waals surface area contributed by atoms with Crippen LogP contribution in [0.5, 0.6) is 0 Å². The molecule has 0 aromatic heterocycles. The Hall–Kier alpha value is -0.160. The van der Waals surface area contributed by atoms with Crippen molar-refractivity contribution < 1.29 is 9.47 Å². The van der Waals surface area contributed by atoms with Gasteiger partial charge in [0.1, 0.15) is 0 Å². The molecule has 0 aromatic rings. The second-order valence-corrected chi connectivity index (χ2v) is 7.82. The normalized spacial score (nSPS) is 23.3. The van der Waals surface area contributed by atoms with E-state index in [0.717, 1.165) is 45.1 Å². The fourth-order valence-corrected chi connectivity index (χ4v) is 3.33. The monoisotopic (exact) mass is 298 g/mol. The second-order valence-electron chi connectivity index (χ2n) is 7.82. The number of rotatable bonds is 6. The quantitative estimate of drug-likeness (QED) is 0.817. The summed E-state index contributed by atoms with van der Waals surface area (Å²) in [4.78, 5) is 2.45. The predicted octanol–water partition coefficient (Wildman–Crippen LogP) is 2.63. The van der Waals surface area contributed by atoms with Gasteiger partial charge in [0.25, 0.3) is 0 Å². The van der Waals surface area contributed by atoms with Crippen molar-refractivity contribution in [3.8, 4) is 0 Å². The molecule has 4 heteroatoms. The van der Waals surface area contributed by atoms with Gasteiger partial charge in [0, 0.05) is 31.5 Å². The summed E-state index contributed by atoms with van der Waals surface area (Å²) in [5, 5.41) is 3.55. The lowest BCUT2D eigenvalue weighted by atomic mass is 9.83. The van der Waals surface area contributed by atoms with Gasteiger partial charge in [0.15, 0.2) is 5.79 Å². The molecule has 1 aliphatic heterocycles. The number of ether oxygens (including phenoxy) is 2. The van der Waals surface area contributed by atoms with Crippen molar-refractivity contribution in [1.82, 2.24) is 10.2 Å². The molecule has 1 N–H and O–H groups in total. The average molecular weight is 298 g/mol. The molecule has 0 amide bonds. The molecule has 1 heterocycles. The van der Waals surface area contributed by atoms with Crippen LogP contribution in [0.1, 0.15) is 52.9 Å². The van der Waals surface area contributed by atoms with Crippen LogP contribution in [0.25, 0.3) is 0 Å². The Balaban J connectivity index is 1.56. The van der Waals surface area contributed by atoms with Gasteiger partial charge in [-0.2, -0.15) is 0 Å². The summed E-state index contributed by atoms with van der Waals surface area (Å²) >= 11 is 0. The van der Waals surface area contributed by atoms with Crippen LogP contribution in [0, 0.1) is 5.92 Å². The summed E-state index contributed by atoms with van der Waals surface area (Å²) in [6.45, 7) is 11.6. The van der Waals surface area contributed by atoms with E-state index in [-0.39, 0.29) is 11.3 Å². The molecule has 1 saturated carbocycles. The molecule has 21 heavy (non-hydrogen) atoms. The van der Waals surface area contributed by atoms with Crippen molar-refractivity contribution in [3.05, 3.63) is 0 Å². The maximum absolute atomic E-state index is 5.80. The van der Waals surface area contributed by atoms with Crippen molar-refractivity contribution in [2.75, 3.05) is 39.9 Å². The van der Waals surface area contributed by atoms with Crippen LogP contribution in [0.15, 0.2) is 0 Å². The van der Waals surface area contributed by atoms with Gasteiger partial charge >= 0.3 is 0 Å². The van der Waals surface area contributed by atoms with Gasteiger partial charge in [0.05, 0.1) is 13.2 Å². The fourth-order valence-electron chi connectivity index (χ4n) is 3.33. The summed E-state index contributed by atoms with van der Waals surface area (Å²) in [5.74, 6) is 0.653. The number of nitrogens with zero attached hydrogens (tertiary/aromatic N) is 1. The van der Waals surface area contributed by atoms with Gasteiger partial charge < -0.3 is 19.7 Å². The smallest absolute Gasteiger partial charge is 0.168 e. The highest BCUT2D eigenvalue weighted by Crippen LogP contribution is 2.39. The Labute approximate surface area is 130 Å². The van der Waals surface area contributed by atoms with Crippen LogP contribution >= 0.6 is 0 Å². The molecule has 0 atom stereocenters. The van der Waals surface area contributed by atoms with Gasteiger partial charge in [0.2, 0.25) is 0 Å². The predicted molar refractivity (Wildman–Crippen MR) is 86.5 cm³/mol. The minimum atomic E-state index is -0.195. The molecule has 2 aliphatic rings.